The van der Waals surface area contributed by atoms with Gasteiger partial charge in [0.1, 0.15) is 0 Å². The Bertz CT molecular complexity index is 724. The predicted octanol–water partition coefficient (Wildman–Crippen LogP) is 3.08. The molecule has 0 aliphatic rings. The molecule has 0 fully saturated rings. The van der Waals surface area contributed by atoms with Gasteiger partial charge in [-0.3, -0.25) is 4.79 Å². The number of rotatable bonds is 5. The molecule has 0 amide bonds. The summed E-state index contributed by atoms with van der Waals surface area (Å²) in [6.45, 7) is 0. The van der Waals surface area contributed by atoms with Crippen LogP contribution < -0.4 is 0 Å². The molecule has 0 bridgehead atoms. The Hall–Kier alpha value is -1.85. The van der Waals surface area contributed by atoms with Crippen molar-refractivity contribution in [3.8, 4) is 0 Å². The molecule has 2 aromatic carbocycles. The Morgan fingerprint density at radius 3 is 2.14 bits per heavy atom. The molecular formula is C15H13ClO4S. The summed E-state index contributed by atoms with van der Waals surface area (Å²) in [6, 6.07) is 14.2. The molecule has 1 N–H and O–H groups in total. The van der Waals surface area contributed by atoms with Gasteiger partial charge in [0.05, 0.1) is 5.75 Å². The number of carboxylic acids is 1. The minimum atomic E-state index is -3.88. The molecule has 21 heavy (non-hydrogen) atoms. The summed E-state index contributed by atoms with van der Waals surface area (Å²) >= 11 is 5.75. The molecule has 0 saturated carbocycles. The smallest absolute Gasteiger partial charge is 0.326 e. The van der Waals surface area contributed by atoms with Gasteiger partial charge in [0.15, 0.2) is 15.1 Å². The van der Waals surface area contributed by atoms with Crippen LogP contribution in [0.25, 0.3) is 0 Å². The third-order valence-corrected chi connectivity index (χ3v) is 5.15. The van der Waals surface area contributed by atoms with Crippen molar-refractivity contribution < 1.29 is 18.3 Å². The average Bonchev–Trinajstić information content (AvgIpc) is 2.41. The predicted molar refractivity (Wildman–Crippen MR) is 80.9 cm³/mol. The molecule has 110 valence electrons. The highest BCUT2D eigenvalue weighted by Gasteiger charge is 2.34. The van der Waals surface area contributed by atoms with Gasteiger partial charge in [0.25, 0.3) is 0 Å². The van der Waals surface area contributed by atoms with Gasteiger partial charge in [-0.1, -0.05) is 54.1 Å². The Labute approximate surface area is 127 Å². The molecule has 0 aromatic heterocycles. The second kappa shape index (κ2) is 6.28. The molecule has 6 heteroatoms. The van der Waals surface area contributed by atoms with E-state index in [0.29, 0.717) is 10.6 Å². The van der Waals surface area contributed by atoms with Gasteiger partial charge < -0.3 is 5.11 Å². The Kier molecular flexibility index (Phi) is 4.65. The third kappa shape index (κ3) is 3.83. The van der Waals surface area contributed by atoms with Crippen molar-refractivity contribution in [1.29, 1.82) is 0 Å². The highest BCUT2D eigenvalue weighted by molar-refractivity contribution is 7.91. The van der Waals surface area contributed by atoms with E-state index >= 15 is 0 Å². The van der Waals surface area contributed by atoms with E-state index in [0.717, 1.165) is 0 Å². The number of carboxylic acid groups (broad SMARTS) is 1. The lowest BCUT2D eigenvalue weighted by Crippen LogP contribution is -2.23. The average molecular weight is 325 g/mol. The van der Waals surface area contributed by atoms with Crippen molar-refractivity contribution in [2.45, 2.75) is 11.0 Å². The molecule has 1 unspecified atom stereocenters. The zero-order valence-corrected chi connectivity index (χ0v) is 12.5. The maximum Gasteiger partial charge on any atom is 0.326 e. The summed E-state index contributed by atoms with van der Waals surface area (Å²) in [5, 5.41) is 8.20. The van der Waals surface area contributed by atoms with Gasteiger partial charge >= 0.3 is 5.97 Å². The highest BCUT2D eigenvalue weighted by Crippen LogP contribution is 2.26. The van der Waals surface area contributed by atoms with Gasteiger partial charge in [0, 0.05) is 5.02 Å². The van der Waals surface area contributed by atoms with Gasteiger partial charge in [0.2, 0.25) is 0 Å². The van der Waals surface area contributed by atoms with Gasteiger partial charge in [-0.2, -0.15) is 0 Å². The minimum absolute atomic E-state index is 0.249. The highest BCUT2D eigenvalue weighted by atomic mass is 35.5. The van der Waals surface area contributed by atoms with Crippen LogP contribution in [0.3, 0.4) is 0 Å². The van der Waals surface area contributed by atoms with E-state index in [2.05, 4.69) is 0 Å². The summed E-state index contributed by atoms with van der Waals surface area (Å²) in [5.41, 5.74) is 0.751. The molecule has 4 nitrogen and oxygen atoms in total. The SMILES string of the molecule is O=C(O)C(c1ccccc1)S(=O)(=O)Cc1ccc(Cl)cc1. The van der Waals surface area contributed by atoms with Crippen LogP contribution in [-0.4, -0.2) is 19.5 Å². The molecule has 2 rings (SSSR count). The molecule has 0 heterocycles. The topological polar surface area (TPSA) is 71.4 Å². The fourth-order valence-corrected chi connectivity index (χ4v) is 3.86. The quantitative estimate of drug-likeness (QED) is 0.917. The number of sulfone groups is 1. The second-order valence-electron chi connectivity index (χ2n) is 4.56. The maximum absolute atomic E-state index is 12.4. The molecule has 2 aromatic rings. The summed E-state index contributed by atoms with van der Waals surface area (Å²) in [7, 11) is -3.88. The van der Waals surface area contributed by atoms with Gasteiger partial charge in [-0.15, -0.1) is 0 Å². The fraction of sp³-hybridized carbons (Fsp3) is 0.133. The minimum Gasteiger partial charge on any atom is -0.480 e. The first kappa shape index (κ1) is 15.5. The number of hydrogen-bond donors (Lipinski definition) is 1. The fourth-order valence-electron chi connectivity index (χ4n) is 2.03. The van der Waals surface area contributed by atoms with E-state index in [-0.39, 0.29) is 11.3 Å². The number of aliphatic carboxylic acids is 1. The second-order valence-corrected chi connectivity index (χ2v) is 7.08. The molecule has 0 aliphatic carbocycles. The first-order chi connectivity index (χ1) is 9.90. The van der Waals surface area contributed by atoms with Crippen molar-refractivity contribution in [2.75, 3.05) is 0 Å². The summed E-state index contributed by atoms with van der Waals surface area (Å²) in [5.74, 6) is -1.73. The lowest BCUT2D eigenvalue weighted by atomic mass is 10.1. The summed E-state index contributed by atoms with van der Waals surface area (Å²) in [6.07, 6.45) is 0. The number of benzene rings is 2. The van der Waals surface area contributed by atoms with Crippen LogP contribution in [0.4, 0.5) is 0 Å². The first-order valence-corrected chi connectivity index (χ1v) is 8.23. The van der Waals surface area contributed by atoms with Gasteiger partial charge in [-0.25, -0.2) is 8.42 Å². The zero-order valence-electron chi connectivity index (χ0n) is 10.9. The van der Waals surface area contributed by atoms with E-state index in [4.69, 9.17) is 11.6 Å². The summed E-state index contributed by atoms with van der Waals surface area (Å²) < 4.78 is 24.8. The van der Waals surface area contributed by atoms with Crippen molar-refractivity contribution in [3.05, 3.63) is 70.7 Å². The van der Waals surface area contributed by atoms with E-state index < -0.39 is 21.1 Å². The monoisotopic (exact) mass is 324 g/mol. The van der Waals surface area contributed by atoms with Crippen molar-refractivity contribution in [1.82, 2.24) is 0 Å². The Morgan fingerprint density at radius 1 is 1.05 bits per heavy atom. The lowest BCUT2D eigenvalue weighted by molar-refractivity contribution is -0.136. The molecule has 0 spiro atoms. The van der Waals surface area contributed by atoms with E-state index in [9.17, 15) is 18.3 Å². The number of carbonyl (C=O) groups is 1. The lowest BCUT2D eigenvalue weighted by Gasteiger charge is -2.14. The number of hydrogen-bond acceptors (Lipinski definition) is 3. The molecule has 1 atom stereocenters. The van der Waals surface area contributed by atoms with Crippen LogP contribution in [0.2, 0.25) is 5.02 Å². The third-order valence-electron chi connectivity index (χ3n) is 2.97. The number of halogens is 1. The van der Waals surface area contributed by atoms with Crippen LogP contribution in [0.1, 0.15) is 16.4 Å². The zero-order chi connectivity index (χ0) is 15.5. The van der Waals surface area contributed by atoms with Crippen LogP contribution in [0.5, 0.6) is 0 Å². The van der Waals surface area contributed by atoms with Crippen molar-refractivity contribution in [2.24, 2.45) is 0 Å². The Balaban J connectivity index is 2.35. The van der Waals surface area contributed by atoms with Crippen LogP contribution >= 0.6 is 11.6 Å². The Morgan fingerprint density at radius 2 is 1.62 bits per heavy atom. The molecule has 0 saturated heterocycles. The molecule has 0 aliphatic heterocycles. The largest absolute Gasteiger partial charge is 0.480 e. The van der Waals surface area contributed by atoms with Crippen LogP contribution in [-0.2, 0) is 20.4 Å². The van der Waals surface area contributed by atoms with E-state index in [1.807, 2.05) is 0 Å². The summed E-state index contributed by atoms with van der Waals surface area (Å²) in [4.78, 5) is 11.4. The van der Waals surface area contributed by atoms with Crippen LogP contribution in [0, 0.1) is 0 Å². The van der Waals surface area contributed by atoms with Crippen molar-refractivity contribution in [3.63, 3.8) is 0 Å². The molecule has 0 radical (unpaired) electrons. The van der Waals surface area contributed by atoms with Crippen molar-refractivity contribution >= 4 is 27.4 Å². The first-order valence-electron chi connectivity index (χ1n) is 6.14. The van der Waals surface area contributed by atoms with Gasteiger partial charge in [-0.05, 0) is 23.3 Å². The normalized spacial score (nSPS) is 12.8. The van der Waals surface area contributed by atoms with Crippen LogP contribution in [0.15, 0.2) is 54.6 Å². The maximum atomic E-state index is 12.4. The van der Waals surface area contributed by atoms with E-state index in [1.54, 1.807) is 42.5 Å². The van der Waals surface area contributed by atoms with E-state index in [1.165, 1.54) is 12.1 Å². The molecular weight excluding hydrogens is 312 g/mol. The standard InChI is InChI=1S/C15H13ClO4S/c16-13-8-6-11(7-9-13)10-21(19,20)14(15(17)18)12-4-2-1-3-5-12/h1-9,14H,10H2,(H,17,18).